The Morgan fingerprint density at radius 3 is 2.58 bits per heavy atom. The zero-order valence-corrected chi connectivity index (χ0v) is 11.7. The van der Waals surface area contributed by atoms with Gasteiger partial charge in [0, 0.05) is 18.7 Å². The van der Waals surface area contributed by atoms with E-state index in [-0.39, 0.29) is 30.5 Å². The molecular weight excluding hydrogens is 270 g/mol. The van der Waals surface area contributed by atoms with Crippen LogP contribution in [0.3, 0.4) is 0 Å². The van der Waals surface area contributed by atoms with Crippen LogP contribution in [0.2, 0.25) is 0 Å². The number of likely N-dealkylation sites (N-methyl/N-ethyl adjacent to an activating group) is 1. The first-order chi connectivity index (χ1) is 8.47. The molecule has 0 aliphatic carbocycles. The third kappa shape index (κ3) is 4.50. The highest BCUT2D eigenvalue weighted by molar-refractivity contribution is 5.85. The van der Waals surface area contributed by atoms with Crippen LogP contribution in [-0.4, -0.2) is 28.8 Å². The summed E-state index contributed by atoms with van der Waals surface area (Å²) in [5.74, 6) is -0.212. The molecule has 1 rings (SSSR count). The molecule has 0 aliphatic rings. The number of carbonyl (C=O) groups excluding carboxylic acids is 1. The van der Waals surface area contributed by atoms with Crippen molar-refractivity contribution in [2.24, 2.45) is 5.73 Å². The number of benzene rings is 1. The van der Waals surface area contributed by atoms with Crippen LogP contribution in [0, 0.1) is 10.1 Å². The first-order valence-corrected chi connectivity index (χ1v) is 5.70. The highest BCUT2D eigenvalue weighted by atomic mass is 35.5. The zero-order valence-electron chi connectivity index (χ0n) is 10.9. The number of nitro benzene ring substituents is 1. The van der Waals surface area contributed by atoms with Crippen LogP contribution in [0.25, 0.3) is 0 Å². The van der Waals surface area contributed by atoms with Gasteiger partial charge in [-0.3, -0.25) is 14.9 Å². The fourth-order valence-electron chi connectivity index (χ4n) is 1.61. The van der Waals surface area contributed by atoms with E-state index in [1.165, 1.54) is 11.0 Å². The molecule has 0 radical (unpaired) electrons. The summed E-state index contributed by atoms with van der Waals surface area (Å²) in [6.45, 7) is 2.01. The highest BCUT2D eigenvalue weighted by Crippen LogP contribution is 2.19. The number of halogens is 1. The lowest BCUT2D eigenvalue weighted by molar-refractivity contribution is -0.385. The second kappa shape index (κ2) is 7.70. The van der Waals surface area contributed by atoms with Crippen LogP contribution in [-0.2, 0) is 11.3 Å². The number of amides is 1. The Bertz CT molecular complexity index is 454. The molecule has 106 valence electrons. The van der Waals surface area contributed by atoms with Crippen LogP contribution in [0.5, 0.6) is 0 Å². The van der Waals surface area contributed by atoms with Gasteiger partial charge in [-0.25, -0.2) is 0 Å². The molecule has 1 aromatic carbocycles. The molecule has 19 heavy (non-hydrogen) atoms. The van der Waals surface area contributed by atoms with Crippen molar-refractivity contribution in [3.63, 3.8) is 0 Å². The van der Waals surface area contributed by atoms with E-state index in [9.17, 15) is 14.9 Å². The van der Waals surface area contributed by atoms with E-state index in [4.69, 9.17) is 5.73 Å². The molecule has 1 aromatic rings. The summed E-state index contributed by atoms with van der Waals surface area (Å²) >= 11 is 0. The van der Waals surface area contributed by atoms with Crippen molar-refractivity contribution in [2.45, 2.75) is 25.9 Å². The predicted molar refractivity (Wildman–Crippen MR) is 75.1 cm³/mol. The molecule has 1 amide bonds. The van der Waals surface area contributed by atoms with E-state index >= 15 is 0 Å². The summed E-state index contributed by atoms with van der Waals surface area (Å²) in [6.07, 6.45) is 0.542. The number of nitrogens with two attached hydrogens (primary N) is 1. The molecule has 0 heterocycles. The third-order valence-corrected chi connectivity index (χ3v) is 2.73. The molecule has 2 N–H and O–H groups in total. The quantitative estimate of drug-likeness (QED) is 0.659. The van der Waals surface area contributed by atoms with Crippen molar-refractivity contribution in [3.05, 3.63) is 39.9 Å². The van der Waals surface area contributed by atoms with Gasteiger partial charge in [-0.2, -0.15) is 0 Å². The molecule has 0 unspecified atom stereocenters. The molecule has 0 fully saturated rings. The Morgan fingerprint density at radius 1 is 1.47 bits per heavy atom. The second-order valence-corrected chi connectivity index (χ2v) is 4.09. The Morgan fingerprint density at radius 2 is 2.05 bits per heavy atom. The first-order valence-electron chi connectivity index (χ1n) is 5.70. The SMILES string of the molecule is CC[C@H](N)C(=O)N(C)Cc1ccccc1[N+](=O)[O-].Cl. The lowest BCUT2D eigenvalue weighted by Gasteiger charge is -2.20. The summed E-state index contributed by atoms with van der Waals surface area (Å²) in [4.78, 5) is 23.6. The van der Waals surface area contributed by atoms with Crippen molar-refractivity contribution in [1.29, 1.82) is 0 Å². The van der Waals surface area contributed by atoms with Crippen molar-refractivity contribution >= 4 is 24.0 Å². The molecule has 0 aromatic heterocycles. The standard InChI is InChI=1S/C12H17N3O3.ClH/c1-3-10(13)12(16)14(2)8-9-6-4-5-7-11(9)15(17)18;/h4-7,10H,3,8,13H2,1-2H3;1H/t10-;/m0./s1. The maximum atomic E-state index is 11.8. The van der Waals surface area contributed by atoms with E-state index in [0.29, 0.717) is 12.0 Å². The number of hydrogen-bond donors (Lipinski definition) is 1. The molecule has 0 aliphatic heterocycles. The monoisotopic (exact) mass is 287 g/mol. The Kier molecular flexibility index (Phi) is 7.03. The van der Waals surface area contributed by atoms with Crippen molar-refractivity contribution in [1.82, 2.24) is 4.90 Å². The summed E-state index contributed by atoms with van der Waals surface area (Å²) in [6, 6.07) is 5.81. The summed E-state index contributed by atoms with van der Waals surface area (Å²) in [5, 5.41) is 10.8. The maximum Gasteiger partial charge on any atom is 0.274 e. The van der Waals surface area contributed by atoms with E-state index in [1.54, 1.807) is 25.2 Å². The van der Waals surface area contributed by atoms with Gasteiger partial charge in [0.05, 0.1) is 17.5 Å². The maximum absolute atomic E-state index is 11.8. The van der Waals surface area contributed by atoms with Gasteiger partial charge in [0.25, 0.3) is 5.69 Å². The highest BCUT2D eigenvalue weighted by Gasteiger charge is 2.19. The minimum Gasteiger partial charge on any atom is -0.340 e. The Balaban J connectivity index is 0.00000324. The van der Waals surface area contributed by atoms with Gasteiger partial charge < -0.3 is 10.6 Å². The molecule has 0 saturated carbocycles. The third-order valence-electron chi connectivity index (χ3n) is 2.73. The van der Waals surface area contributed by atoms with Gasteiger partial charge in [-0.05, 0) is 6.42 Å². The molecule has 0 saturated heterocycles. The van der Waals surface area contributed by atoms with Gasteiger partial charge in [-0.1, -0.05) is 25.1 Å². The van der Waals surface area contributed by atoms with Crippen LogP contribution in [0.15, 0.2) is 24.3 Å². The average molecular weight is 288 g/mol. The normalized spacial score (nSPS) is 11.3. The largest absolute Gasteiger partial charge is 0.340 e. The van der Waals surface area contributed by atoms with E-state index < -0.39 is 11.0 Å². The topological polar surface area (TPSA) is 89.5 Å². The van der Waals surface area contributed by atoms with Crippen molar-refractivity contribution in [3.8, 4) is 0 Å². The Hall–Kier alpha value is -1.66. The fourth-order valence-corrected chi connectivity index (χ4v) is 1.61. The number of nitro groups is 1. The average Bonchev–Trinajstić information content (AvgIpc) is 2.37. The van der Waals surface area contributed by atoms with Crippen LogP contribution < -0.4 is 5.73 Å². The van der Waals surface area contributed by atoms with E-state index in [2.05, 4.69) is 0 Å². The van der Waals surface area contributed by atoms with Gasteiger partial charge in [0.15, 0.2) is 0 Å². The molecule has 0 spiro atoms. The van der Waals surface area contributed by atoms with Crippen molar-refractivity contribution < 1.29 is 9.72 Å². The lowest BCUT2D eigenvalue weighted by Crippen LogP contribution is -2.40. The zero-order chi connectivity index (χ0) is 13.7. The van der Waals surface area contributed by atoms with Crippen LogP contribution in [0.1, 0.15) is 18.9 Å². The Labute approximate surface area is 118 Å². The van der Waals surface area contributed by atoms with E-state index in [0.717, 1.165) is 0 Å². The van der Waals surface area contributed by atoms with Crippen molar-refractivity contribution in [2.75, 3.05) is 7.05 Å². The smallest absolute Gasteiger partial charge is 0.274 e. The van der Waals surface area contributed by atoms with Crippen LogP contribution >= 0.6 is 12.4 Å². The minimum atomic E-state index is -0.558. The molecule has 6 nitrogen and oxygen atoms in total. The molecule has 1 atom stereocenters. The first kappa shape index (κ1) is 17.3. The predicted octanol–water partition coefficient (Wildman–Crippen LogP) is 1.71. The van der Waals surface area contributed by atoms with Gasteiger partial charge in [0.2, 0.25) is 5.91 Å². The van der Waals surface area contributed by atoms with E-state index in [1.807, 2.05) is 6.92 Å². The summed E-state index contributed by atoms with van der Waals surface area (Å²) < 4.78 is 0. The number of nitrogens with zero attached hydrogens (tertiary/aromatic N) is 2. The summed E-state index contributed by atoms with van der Waals surface area (Å²) in [7, 11) is 1.59. The second-order valence-electron chi connectivity index (χ2n) is 4.09. The van der Waals surface area contributed by atoms with Gasteiger partial charge >= 0.3 is 0 Å². The number of carbonyl (C=O) groups is 1. The van der Waals surface area contributed by atoms with Gasteiger partial charge in [0.1, 0.15) is 0 Å². The number of rotatable bonds is 5. The van der Waals surface area contributed by atoms with Gasteiger partial charge in [-0.15, -0.1) is 12.4 Å². The summed E-state index contributed by atoms with van der Waals surface area (Å²) in [5.41, 5.74) is 6.16. The molecular formula is C12H18ClN3O3. The molecule has 7 heteroatoms. The molecule has 0 bridgehead atoms. The number of para-hydroxylation sites is 1. The number of hydrogen-bond acceptors (Lipinski definition) is 4. The lowest BCUT2D eigenvalue weighted by atomic mass is 10.1. The van der Waals surface area contributed by atoms with Crippen LogP contribution in [0.4, 0.5) is 5.69 Å². The minimum absolute atomic E-state index is 0. The fraction of sp³-hybridized carbons (Fsp3) is 0.417.